The quantitative estimate of drug-likeness (QED) is 0.142. The second-order valence-electron chi connectivity index (χ2n) is 23.3. The summed E-state index contributed by atoms with van der Waals surface area (Å²) in [4.78, 5) is 4.98. The zero-order valence-electron chi connectivity index (χ0n) is 45.5. The molecule has 0 aliphatic rings. The van der Waals surface area contributed by atoms with Gasteiger partial charge in [0.2, 0.25) is 0 Å². The van der Waals surface area contributed by atoms with Crippen molar-refractivity contribution in [3.63, 3.8) is 0 Å². The standard InChI is InChI=1S/C74H60N2O2/c1-45-33-39-55-53-27-19-29-59(73(3,4)5)69(53)77-71(55)67(45)75(61-31-17-15-25-51(61)47-21-11-9-12-22-47)63-43-37-49-36-42-58-64(44-38-50-35-41-57(63)65(49)66(50)58)76(62-32-18-16-26-52(62)48-23-13-10-14-24-48)68-46(2)34-40-56-54-28-20-30-60(74(6,7)8)70(54)78-72(56)68/h9-44H,1-8H3. The summed E-state index contributed by atoms with van der Waals surface area (Å²) in [5, 5.41) is 11.5. The van der Waals surface area contributed by atoms with Gasteiger partial charge >= 0.3 is 0 Å². The Morgan fingerprint density at radius 2 is 0.654 bits per heavy atom. The number of nitrogens with zero attached hydrogens (tertiary/aromatic N) is 2. The fourth-order valence-corrected chi connectivity index (χ4v) is 12.6. The Morgan fingerprint density at radius 3 is 1.06 bits per heavy atom. The molecule has 2 aromatic heterocycles. The maximum absolute atomic E-state index is 7.31. The molecule has 12 aromatic carbocycles. The molecule has 0 spiro atoms. The number of aryl methyl sites for hydroxylation is 2. The summed E-state index contributed by atoms with van der Waals surface area (Å²) in [7, 11) is 0. The summed E-state index contributed by atoms with van der Waals surface area (Å²) in [6.07, 6.45) is 0. The van der Waals surface area contributed by atoms with E-state index in [0.717, 1.165) is 122 Å². The number of fused-ring (bicyclic) bond motifs is 6. The summed E-state index contributed by atoms with van der Waals surface area (Å²) in [5.74, 6) is 0. The molecule has 0 amide bonds. The monoisotopic (exact) mass is 1010 g/mol. The van der Waals surface area contributed by atoms with Crippen molar-refractivity contribution in [3.05, 3.63) is 241 Å². The van der Waals surface area contributed by atoms with E-state index in [9.17, 15) is 0 Å². The van der Waals surface area contributed by atoms with E-state index in [4.69, 9.17) is 8.83 Å². The van der Waals surface area contributed by atoms with Crippen LogP contribution in [0.15, 0.2) is 227 Å². The first-order valence-corrected chi connectivity index (χ1v) is 27.3. The van der Waals surface area contributed by atoms with Crippen molar-refractivity contribution in [3.8, 4) is 22.3 Å². The number of hydrogen-bond acceptors (Lipinski definition) is 4. The Morgan fingerprint density at radius 1 is 0.295 bits per heavy atom. The first-order chi connectivity index (χ1) is 37.8. The smallest absolute Gasteiger partial charge is 0.159 e. The Labute approximate surface area is 455 Å². The Balaban J connectivity index is 1.08. The molecule has 378 valence electrons. The third-order valence-electron chi connectivity index (χ3n) is 16.3. The molecule has 0 saturated carbocycles. The molecule has 0 radical (unpaired) electrons. The van der Waals surface area contributed by atoms with Gasteiger partial charge in [0, 0.05) is 54.6 Å². The maximum atomic E-state index is 7.31. The average molecular weight is 1010 g/mol. The molecule has 0 unspecified atom stereocenters. The molecule has 0 bridgehead atoms. The number of furan rings is 2. The van der Waals surface area contributed by atoms with E-state index in [1.54, 1.807) is 0 Å². The summed E-state index contributed by atoms with van der Waals surface area (Å²) < 4.78 is 14.6. The van der Waals surface area contributed by atoms with Gasteiger partial charge in [0.1, 0.15) is 11.2 Å². The second kappa shape index (κ2) is 17.7. The van der Waals surface area contributed by atoms with Gasteiger partial charge in [-0.3, -0.25) is 0 Å². The van der Waals surface area contributed by atoms with E-state index in [-0.39, 0.29) is 10.8 Å². The largest absolute Gasteiger partial charge is 0.454 e. The number of hydrogen-bond donors (Lipinski definition) is 0. The number of para-hydroxylation sites is 4. The van der Waals surface area contributed by atoms with Gasteiger partial charge in [-0.2, -0.15) is 0 Å². The topological polar surface area (TPSA) is 32.8 Å². The lowest BCUT2D eigenvalue weighted by Crippen LogP contribution is -2.14. The fourth-order valence-electron chi connectivity index (χ4n) is 12.6. The molecule has 0 atom stereocenters. The van der Waals surface area contributed by atoms with Crippen molar-refractivity contribution >= 4 is 110 Å². The average Bonchev–Trinajstić information content (AvgIpc) is 4.05. The van der Waals surface area contributed by atoms with Gasteiger partial charge in [-0.05, 0) is 92.7 Å². The molecule has 0 saturated heterocycles. The van der Waals surface area contributed by atoms with E-state index < -0.39 is 0 Å². The van der Waals surface area contributed by atoms with Crippen LogP contribution in [0.4, 0.5) is 34.1 Å². The molecule has 0 aliphatic carbocycles. The van der Waals surface area contributed by atoms with Crippen LogP contribution in [0.3, 0.4) is 0 Å². The summed E-state index contributed by atoms with van der Waals surface area (Å²) in [5.41, 5.74) is 18.9. The van der Waals surface area contributed by atoms with E-state index in [1.807, 2.05) is 0 Å². The van der Waals surface area contributed by atoms with Crippen LogP contribution in [0.2, 0.25) is 0 Å². The van der Waals surface area contributed by atoms with Crippen molar-refractivity contribution in [2.75, 3.05) is 9.80 Å². The normalized spacial score (nSPS) is 12.4. The third kappa shape index (κ3) is 7.34. The van der Waals surface area contributed by atoms with Crippen LogP contribution in [0.25, 0.3) is 98.4 Å². The molecule has 14 aromatic rings. The van der Waals surface area contributed by atoms with Gasteiger partial charge in [-0.25, -0.2) is 0 Å². The van der Waals surface area contributed by atoms with Gasteiger partial charge in [0.05, 0.1) is 34.1 Å². The third-order valence-corrected chi connectivity index (χ3v) is 16.3. The lowest BCUT2D eigenvalue weighted by molar-refractivity contribution is 0.572. The predicted molar refractivity (Wildman–Crippen MR) is 332 cm³/mol. The molecule has 14 rings (SSSR count). The number of benzene rings is 12. The van der Waals surface area contributed by atoms with Crippen molar-refractivity contribution in [2.24, 2.45) is 0 Å². The van der Waals surface area contributed by atoms with E-state index in [0.29, 0.717) is 0 Å². The molecule has 78 heavy (non-hydrogen) atoms. The first-order valence-electron chi connectivity index (χ1n) is 27.3. The highest BCUT2D eigenvalue weighted by molar-refractivity contribution is 6.29. The fraction of sp³-hybridized carbons (Fsp3) is 0.135. The van der Waals surface area contributed by atoms with Gasteiger partial charge in [-0.15, -0.1) is 0 Å². The maximum Gasteiger partial charge on any atom is 0.159 e. The van der Waals surface area contributed by atoms with Crippen LogP contribution in [0, 0.1) is 13.8 Å². The van der Waals surface area contributed by atoms with Crippen molar-refractivity contribution < 1.29 is 8.83 Å². The highest BCUT2D eigenvalue weighted by atomic mass is 16.3. The van der Waals surface area contributed by atoms with Crippen molar-refractivity contribution in [2.45, 2.75) is 66.2 Å². The minimum atomic E-state index is -0.126. The molecule has 0 aliphatic heterocycles. The van der Waals surface area contributed by atoms with Crippen LogP contribution in [0.5, 0.6) is 0 Å². The van der Waals surface area contributed by atoms with E-state index in [1.165, 1.54) is 32.7 Å². The zero-order valence-corrected chi connectivity index (χ0v) is 45.5. The zero-order chi connectivity index (χ0) is 53.2. The Kier molecular flexibility index (Phi) is 10.8. The molecule has 0 fully saturated rings. The summed E-state index contributed by atoms with van der Waals surface area (Å²) in [6.45, 7) is 18.1. The van der Waals surface area contributed by atoms with Crippen LogP contribution in [0.1, 0.15) is 63.8 Å². The lowest BCUT2D eigenvalue weighted by Gasteiger charge is -2.32. The highest BCUT2D eigenvalue weighted by Gasteiger charge is 2.31. The Bertz CT molecular complexity index is 4360. The van der Waals surface area contributed by atoms with Gasteiger partial charge in [0.15, 0.2) is 11.2 Å². The number of anilines is 6. The van der Waals surface area contributed by atoms with Gasteiger partial charge < -0.3 is 18.6 Å². The van der Waals surface area contributed by atoms with Crippen LogP contribution in [-0.2, 0) is 10.8 Å². The van der Waals surface area contributed by atoms with Crippen LogP contribution >= 0.6 is 0 Å². The van der Waals surface area contributed by atoms with Crippen molar-refractivity contribution in [1.82, 2.24) is 0 Å². The summed E-state index contributed by atoms with van der Waals surface area (Å²) in [6, 6.07) is 80.1. The predicted octanol–water partition coefficient (Wildman–Crippen LogP) is 21.9. The minimum Gasteiger partial charge on any atom is -0.454 e. The van der Waals surface area contributed by atoms with Crippen LogP contribution < -0.4 is 9.80 Å². The van der Waals surface area contributed by atoms with Crippen LogP contribution in [-0.4, -0.2) is 0 Å². The molecule has 4 heteroatoms. The first kappa shape index (κ1) is 47.3. The van der Waals surface area contributed by atoms with Gasteiger partial charge in [0.25, 0.3) is 0 Å². The summed E-state index contributed by atoms with van der Waals surface area (Å²) >= 11 is 0. The van der Waals surface area contributed by atoms with Crippen molar-refractivity contribution in [1.29, 1.82) is 0 Å². The highest BCUT2D eigenvalue weighted by Crippen LogP contribution is 2.54. The molecular formula is C74H60N2O2. The van der Waals surface area contributed by atoms with E-state index >= 15 is 0 Å². The molecule has 4 nitrogen and oxygen atoms in total. The molecule has 0 N–H and O–H groups in total. The molecular weight excluding hydrogens is 949 g/mol. The second-order valence-corrected chi connectivity index (χ2v) is 23.3. The lowest BCUT2D eigenvalue weighted by atomic mass is 9.86. The minimum absolute atomic E-state index is 0.126. The molecule has 2 heterocycles. The van der Waals surface area contributed by atoms with E-state index in [2.05, 4.69) is 284 Å². The number of rotatable bonds is 8. The SMILES string of the molecule is Cc1ccc2c(oc3c(C(C)(C)C)cccc32)c1N(c1ccccc1-c1ccccc1)c1ccc2ccc3c(N(c4ccccc4-c4ccccc4)c4c(C)ccc5c4oc4c(C(C)(C)C)cccc45)ccc4ccc1c2c43. The Hall–Kier alpha value is -9.12. The van der Waals surface area contributed by atoms with Gasteiger partial charge in [-0.1, -0.05) is 236 Å².